The van der Waals surface area contributed by atoms with Gasteiger partial charge in [0.25, 0.3) is 0 Å². The molecule has 0 aromatic carbocycles. The second kappa shape index (κ2) is 5.46. The van der Waals surface area contributed by atoms with Gasteiger partial charge in [-0.1, -0.05) is 0 Å². The number of aromatic nitrogens is 2. The van der Waals surface area contributed by atoms with Crippen molar-refractivity contribution in [2.45, 2.75) is 26.3 Å². The van der Waals surface area contributed by atoms with Crippen molar-refractivity contribution >= 4 is 0 Å². The van der Waals surface area contributed by atoms with Crippen molar-refractivity contribution < 1.29 is 0 Å². The van der Waals surface area contributed by atoms with E-state index in [0.717, 1.165) is 24.8 Å². The third-order valence-electron chi connectivity index (χ3n) is 3.23. The van der Waals surface area contributed by atoms with Crippen LogP contribution in [0.1, 0.15) is 24.4 Å². The number of nitrogens with one attached hydrogen (secondary N) is 2. The summed E-state index contributed by atoms with van der Waals surface area (Å²) < 4.78 is 0. The Kier molecular flexibility index (Phi) is 3.96. The summed E-state index contributed by atoms with van der Waals surface area (Å²) in [6.07, 6.45) is 4.61. The SMILES string of the molecule is Cc1ncc(CNCC2CCCN(C)C2)[nH]1. The molecule has 1 atom stereocenters. The van der Waals surface area contributed by atoms with Crippen LogP contribution in [0.15, 0.2) is 6.20 Å². The first kappa shape index (κ1) is 11.6. The molecule has 2 heterocycles. The molecule has 1 aromatic rings. The molecule has 16 heavy (non-hydrogen) atoms. The number of hydrogen-bond acceptors (Lipinski definition) is 3. The number of rotatable bonds is 4. The minimum atomic E-state index is 0.808. The van der Waals surface area contributed by atoms with E-state index >= 15 is 0 Å². The maximum absolute atomic E-state index is 4.19. The van der Waals surface area contributed by atoms with Crippen LogP contribution < -0.4 is 5.32 Å². The van der Waals surface area contributed by atoms with E-state index in [2.05, 4.69) is 27.2 Å². The van der Waals surface area contributed by atoms with Crippen LogP contribution in [0.3, 0.4) is 0 Å². The molecule has 90 valence electrons. The average molecular weight is 222 g/mol. The predicted octanol–water partition coefficient (Wildman–Crippen LogP) is 1.15. The average Bonchev–Trinajstić information content (AvgIpc) is 2.64. The predicted molar refractivity (Wildman–Crippen MR) is 65.3 cm³/mol. The Bertz CT molecular complexity index is 321. The number of likely N-dealkylation sites (tertiary alicyclic amines) is 1. The van der Waals surface area contributed by atoms with E-state index < -0.39 is 0 Å². The van der Waals surface area contributed by atoms with Crippen molar-refractivity contribution in [1.82, 2.24) is 20.2 Å². The van der Waals surface area contributed by atoms with E-state index in [-0.39, 0.29) is 0 Å². The van der Waals surface area contributed by atoms with E-state index in [1.807, 2.05) is 13.1 Å². The first-order chi connectivity index (χ1) is 7.74. The molecule has 0 saturated carbocycles. The Morgan fingerprint density at radius 3 is 3.19 bits per heavy atom. The largest absolute Gasteiger partial charge is 0.345 e. The van der Waals surface area contributed by atoms with Crippen molar-refractivity contribution in [2.24, 2.45) is 5.92 Å². The molecule has 2 N–H and O–H groups in total. The molecule has 0 amide bonds. The molecule has 0 bridgehead atoms. The maximum atomic E-state index is 4.19. The number of aryl methyl sites for hydroxylation is 1. The summed E-state index contributed by atoms with van der Waals surface area (Å²) in [5.41, 5.74) is 1.18. The molecule has 4 heteroatoms. The molecule has 1 aliphatic rings. The van der Waals surface area contributed by atoms with E-state index in [4.69, 9.17) is 0 Å². The highest BCUT2D eigenvalue weighted by atomic mass is 15.1. The third kappa shape index (κ3) is 3.32. The molecule has 4 nitrogen and oxygen atoms in total. The van der Waals surface area contributed by atoms with Crippen LogP contribution in [0.2, 0.25) is 0 Å². The summed E-state index contributed by atoms with van der Waals surface area (Å²) in [4.78, 5) is 9.86. The lowest BCUT2D eigenvalue weighted by Gasteiger charge is -2.29. The number of aromatic amines is 1. The van der Waals surface area contributed by atoms with Crippen molar-refractivity contribution in [2.75, 3.05) is 26.7 Å². The van der Waals surface area contributed by atoms with Gasteiger partial charge in [-0.2, -0.15) is 0 Å². The van der Waals surface area contributed by atoms with E-state index in [1.54, 1.807) is 0 Å². The normalized spacial score (nSPS) is 22.5. The lowest BCUT2D eigenvalue weighted by Crippen LogP contribution is -2.37. The van der Waals surface area contributed by atoms with Gasteiger partial charge < -0.3 is 15.2 Å². The lowest BCUT2D eigenvalue weighted by molar-refractivity contribution is 0.206. The fourth-order valence-corrected chi connectivity index (χ4v) is 2.41. The number of hydrogen-bond donors (Lipinski definition) is 2. The standard InChI is InChI=1S/C12H22N4/c1-10-14-8-12(15-10)7-13-6-11-4-3-5-16(2)9-11/h8,11,13H,3-7,9H2,1-2H3,(H,14,15). The highest BCUT2D eigenvalue weighted by Crippen LogP contribution is 2.13. The summed E-state index contributed by atoms with van der Waals surface area (Å²) in [6.45, 7) is 6.49. The molecule has 1 fully saturated rings. The van der Waals surface area contributed by atoms with Gasteiger partial charge in [-0.3, -0.25) is 0 Å². The summed E-state index contributed by atoms with van der Waals surface area (Å²) >= 11 is 0. The first-order valence-corrected chi connectivity index (χ1v) is 6.14. The van der Waals surface area contributed by atoms with Gasteiger partial charge in [0.05, 0.1) is 0 Å². The van der Waals surface area contributed by atoms with Crippen LogP contribution in [0.5, 0.6) is 0 Å². The summed E-state index contributed by atoms with van der Waals surface area (Å²) in [6, 6.07) is 0. The van der Waals surface area contributed by atoms with Gasteiger partial charge in [-0.25, -0.2) is 4.98 Å². The third-order valence-corrected chi connectivity index (χ3v) is 3.23. The van der Waals surface area contributed by atoms with Crippen LogP contribution in [-0.4, -0.2) is 41.5 Å². The van der Waals surface area contributed by atoms with Gasteiger partial charge in [0.15, 0.2) is 0 Å². The first-order valence-electron chi connectivity index (χ1n) is 6.14. The number of piperidine rings is 1. The Morgan fingerprint density at radius 1 is 1.62 bits per heavy atom. The molecular weight excluding hydrogens is 200 g/mol. The fraction of sp³-hybridized carbons (Fsp3) is 0.750. The van der Waals surface area contributed by atoms with Crippen LogP contribution in [0, 0.1) is 12.8 Å². The molecule has 1 aromatic heterocycles. The molecule has 0 radical (unpaired) electrons. The molecule has 0 spiro atoms. The molecule has 1 saturated heterocycles. The van der Waals surface area contributed by atoms with Crippen LogP contribution in [0.25, 0.3) is 0 Å². The summed E-state index contributed by atoms with van der Waals surface area (Å²) in [7, 11) is 2.21. The molecule has 1 unspecified atom stereocenters. The van der Waals surface area contributed by atoms with Crippen LogP contribution in [0.4, 0.5) is 0 Å². The van der Waals surface area contributed by atoms with Gasteiger partial charge in [0, 0.05) is 25.0 Å². The Morgan fingerprint density at radius 2 is 2.50 bits per heavy atom. The Balaban J connectivity index is 1.67. The molecular formula is C12H22N4. The number of nitrogens with zero attached hydrogens (tertiary/aromatic N) is 2. The van der Waals surface area contributed by atoms with Gasteiger partial charge >= 0.3 is 0 Å². The van der Waals surface area contributed by atoms with Crippen molar-refractivity contribution in [3.05, 3.63) is 17.7 Å². The minimum absolute atomic E-state index is 0.808. The van der Waals surface area contributed by atoms with Crippen LogP contribution in [-0.2, 0) is 6.54 Å². The molecule has 0 aliphatic carbocycles. The zero-order chi connectivity index (χ0) is 11.4. The monoisotopic (exact) mass is 222 g/mol. The second-order valence-corrected chi connectivity index (χ2v) is 4.90. The van der Waals surface area contributed by atoms with Crippen molar-refractivity contribution in [3.8, 4) is 0 Å². The number of imidazole rings is 1. The van der Waals surface area contributed by atoms with Crippen LogP contribution >= 0.6 is 0 Å². The van der Waals surface area contributed by atoms with Crippen molar-refractivity contribution in [1.29, 1.82) is 0 Å². The van der Waals surface area contributed by atoms with E-state index in [9.17, 15) is 0 Å². The molecule has 1 aliphatic heterocycles. The van der Waals surface area contributed by atoms with Gasteiger partial charge in [-0.05, 0) is 45.8 Å². The smallest absolute Gasteiger partial charge is 0.103 e. The van der Waals surface area contributed by atoms with Gasteiger partial charge in [0.1, 0.15) is 5.82 Å². The molecule has 2 rings (SSSR count). The van der Waals surface area contributed by atoms with E-state index in [0.29, 0.717) is 0 Å². The number of H-pyrrole nitrogens is 1. The summed E-state index contributed by atoms with van der Waals surface area (Å²) in [5, 5.41) is 3.51. The van der Waals surface area contributed by atoms with Gasteiger partial charge in [-0.15, -0.1) is 0 Å². The fourth-order valence-electron chi connectivity index (χ4n) is 2.41. The second-order valence-electron chi connectivity index (χ2n) is 4.90. The minimum Gasteiger partial charge on any atom is -0.345 e. The Labute approximate surface area is 97.4 Å². The highest BCUT2D eigenvalue weighted by molar-refractivity contribution is 4.99. The lowest BCUT2D eigenvalue weighted by atomic mass is 9.98. The van der Waals surface area contributed by atoms with Gasteiger partial charge in [0.2, 0.25) is 0 Å². The Hall–Kier alpha value is -0.870. The van der Waals surface area contributed by atoms with E-state index in [1.165, 1.54) is 31.6 Å². The topological polar surface area (TPSA) is 44.0 Å². The summed E-state index contributed by atoms with van der Waals surface area (Å²) in [5.74, 6) is 1.80. The zero-order valence-electron chi connectivity index (χ0n) is 10.3. The maximum Gasteiger partial charge on any atom is 0.103 e. The van der Waals surface area contributed by atoms with Crippen molar-refractivity contribution in [3.63, 3.8) is 0 Å². The highest BCUT2D eigenvalue weighted by Gasteiger charge is 2.16. The quantitative estimate of drug-likeness (QED) is 0.803. The zero-order valence-corrected chi connectivity index (χ0v) is 10.3.